The van der Waals surface area contributed by atoms with E-state index in [-0.39, 0.29) is 12.3 Å². The van der Waals surface area contributed by atoms with Gasteiger partial charge in [0.1, 0.15) is 11.5 Å². The van der Waals surface area contributed by atoms with Gasteiger partial charge in [-0.25, -0.2) is 0 Å². The summed E-state index contributed by atoms with van der Waals surface area (Å²) in [6.45, 7) is 14.2. The zero-order chi connectivity index (χ0) is 20.7. The summed E-state index contributed by atoms with van der Waals surface area (Å²) in [6, 6.07) is 7.76. The molecule has 0 radical (unpaired) electrons. The first-order chi connectivity index (χ1) is 12.7. The first kappa shape index (κ1) is 23.4. The predicted octanol–water partition coefficient (Wildman–Crippen LogP) is 5.69. The quantitative estimate of drug-likeness (QED) is 0.552. The second-order valence-corrected chi connectivity index (χ2v) is 7.79. The fourth-order valence-electron chi connectivity index (χ4n) is 3.03. The molecular weight excluding hydrogens is 359 g/mol. The maximum Gasteiger partial charge on any atom is 0.205 e. The van der Waals surface area contributed by atoms with Gasteiger partial charge in [-0.2, -0.15) is 0 Å². The number of rotatable bonds is 6. The van der Waals surface area contributed by atoms with Crippen LogP contribution < -0.4 is 4.74 Å². The van der Waals surface area contributed by atoms with Crippen LogP contribution in [-0.4, -0.2) is 21.2 Å². The molecule has 0 atom stereocenters. The Hall–Kier alpha value is -1.61. The van der Waals surface area contributed by atoms with Crippen molar-refractivity contribution >= 4 is 8.38 Å². The molecule has 0 amide bonds. The van der Waals surface area contributed by atoms with E-state index in [9.17, 15) is 5.11 Å². The van der Waals surface area contributed by atoms with Crippen molar-refractivity contribution in [2.45, 2.75) is 60.8 Å². The Morgan fingerprint density at radius 2 is 1.63 bits per heavy atom. The van der Waals surface area contributed by atoms with E-state index in [1.165, 1.54) is 5.56 Å². The van der Waals surface area contributed by atoms with Gasteiger partial charge in [0.15, 0.2) is 6.35 Å². The lowest BCUT2D eigenvalue weighted by molar-refractivity contribution is 0.345. The van der Waals surface area contributed by atoms with Crippen molar-refractivity contribution < 1.29 is 19.6 Å². The van der Waals surface area contributed by atoms with E-state index < -0.39 is 8.38 Å². The molecule has 5 heteroatoms. The van der Waals surface area contributed by atoms with E-state index >= 15 is 0 Å². The summed E-state index contributed by atoms with van der Waals surface area (Å²) in [6.07, 6.45) is 0.704. The van der Waals surface area contributed by atoms with E-state index in [1.54, 1.807) is 6.07 Å². The van der Waals surface area contributed by atoms with Crippen molar-refractivity contribution in [3.8, 4) is 11.5 Å². The third-order valence-electron chi connectivity index (χ3n) is 4.64. The highest BCUT2D eigenvalue weighted by Gasteiger charge is 2.14. The summed E-state index contributed by atoms with van der Waals surface area (Å²) < 4.78 is 5.53. The maximum absolute atomic E-state index is 10.0. The number of aromatic hydroxyl groups is 1. The number of phenolic OH excluding ortho intramolecular Hbond substituents is 1. The SMILES string of the molecule is CC.Cc1cc(OCP(O)O)c(C)c(C)c1Cc1ccc(O)c(C(C)C)c1. The number of aryl methyl sites for hydroxylation is 1. The smallest absolute Gasteiger partial charge is 0.205 e. The highest BCUT2D eigenvalue weighted by Crippen LogP contribution is 2.33. The molecule has 0 saturated heterocycles. The topological polar surface area (TPSA) is 69.9 Å². The molecule has 2 rings (SSSR count). The minimum absolute atomic E-state index is 0.0793. The Morgan fingerprint density at radius 1 is 1.00 bits per heavy atom. The standard InChI is InChI=1S/C20H27O4P.C2H6/c1-12(2)17-9-16(6-7-19(17)21)10-18-13(3)8-20(15(5)14(18)4)24-11-25(22)23;1-2/h6-9,12,21-23H,10-11H2,1-5H3;1-2H3. The van der Waals surface area contributed by atoms with E-state index in [0.29, 0.717) is 11.5 Å². The van der Waals surface area contributed by atoms with Gasteiger partial charge in [0, 0.05) is 0 Å². The fourth-order valence-corrected chi connectivity index (χ4v) is 3.28. The van der Waals surface area contributed by atoms with Gasteiger partial charge >= 0.3 is 0 Å². The van der Waals surface area contributed by atoms with E-state index in [2.05, 4.69) is 26.8 Å². The number of ether oxygens (including phenoxy) is 1. The van der Waals surface area contributed by atoms with E-state index in [1.807, 2.05) is 39.8 Å². The summed E-state index contributed by atoms with van der Waals surface area (Å²) in [5.74, 6) is 1.31. The minimum Gasteiger partial charge on any atom is -0.508 e. The molecule has 3 N–H and O–H groups in total. The zero-order valence-corrected chi connectivity index (χ0v) is 18.4. The molecule has 0 aromatic heterocycles. The monoisotopic (exact) mass is 392 g/mol. The number of benzene rings is 2. The lowest BCUT2D eigenvalue weighted by Crippen LogP contribution is -2.04. The molecule has 27 heavy (non-hydrogen) atoms. The van der Waals surface area contributed by atoms with Crippen LogP contribution in [0.5, 0.6) is 11.5 Å². The van der Waals surface area contributed by atoms with Crippen LogP contribution in [0, 0.1) is 20.8 Å². The normalized spacial score (nSPS) is 10.8. The molecule has 0 fully saturated rings. The summed E-state index contributed by atoms with van der Waals surface area (Å²) >= 11 is 0. The van der Waals surface area contributed by atoms with E-state index in [0.717, 1.165) is 34.2 Å². The molecule has 2 aromatic carbocycles. The van der Waals surface area contributed by atoms with Gasteiger partial charge in [-0.3, -0.25) is 0 Å². The van der Waals surface area contributed by atoms with Crippen LogP contribution in [0.3, 0.4) is 0 Å². The van der Waals surface area contributed by atoms with Crippen molar-refractivity contribution in [2.24, 2.45) is 0 Å². The molecule has 0 saturated carbocycles. The lowest BCUT2D eigenvalue weighted by atomic mass is 9.91. The predicted molar refractivity (Wildman–Crippen MR) is 114 cm³/mol. The van der Waals surface area contributed by atoms with Gasteiger partial charge < -0.3 is 19.6 Å². The Morgan fingerprint density at radius 3 is 2.19 bits per heavy atom. The van der Waals surface area contributed by atoms with Crippen molar-refractivity contribution in [2.75, 3.05) is 6.35 Å². The van der Waals surface area contributed by atoms with E-state index in [4.69, 9.17) is 14.5 Å². The molecule has 0 aliphatic heterocycles. The average Bonchev–Trinajstić information content (AvgIpc) is 2.63. The third-order valence-corrected chi connectivity index (χ3v) is 5.00. The van der Waals surface area contributed by atoms with Gasteiger partial charge in [0.05, 0.1) is 0 Å². The lowest BCUT2D eigenvalue weighted by Gasteiger charge is -2.18. The second-order valence-electron chi connectivity index (χ2n) is 6.79. The van der Waals surface area contributed by atoms with Gasteiger partial charge in [-0.05, 0) is 78.6 Å². The van der Waals surface area contributed by atoms with Crippen LogP contribution in [0.25, 0.3) is 0 Å². The summed E-state index contributed by atoms with van der Waals surface area (Å²) in [5.41, 5.74) is 6.63. The molecule has 0 aliphatic carbocycles. The zero-order valence-electron chi connectivity index (χ0n) is 17.5. The van der Waals surface area contributed by atoms with Crippen molar-refractivity contribution in [3.63, 3.8) is 0 Å². The largest absolute Gasteiger partial charge is 0.508 e. The molecule has 0 unspecified atom stereocenters. The molecular formula is C22H33O4P. The Bertz CT molecular complexity index is 754. The summed E-state index contributed by atoms with van der Waals surface area (Å²) in [5, 5.41) is 10.0. The fraction of sp³-hybridized carbons (Fsp3) is 0.455. The molecule has 0 heterocycles. The molecule has 0 spiro atoms. The van der Waals surface area contributed by atoms with Gasteiger partial charge in [0.2, 0.25) is 8.38 Å². The molecule has 4 nitrogen and oxygen atoms in total. The summed E-state index contributed by atoms with van der Waals surface area (Å²) in [4.78, 5) is 18.1. The number of phenols is 1. The van der Waals surface area contributed by atoms with Crippen LogP contribution in [0.2, 0.25) is 0 Å². The second kappa shape index (κ2) is 10.7. The molecule has 150 valence electrons. The number of hydrogen-bond donors (Lipinski definition) is 3. The Labute approximate surface area is 164 Å². The van der Waals surface area contributed by atoms with Gasteiger partial charge in [0.25, 0.3) is 0 Å². The van der Waals surface area contributed by atoms with Crippen LogP contribution in [0.4, 0.5) is 0 Å². The van der Waals surface area contributed by atoms with Crippen molar-refractivity contribution in [3.05, 3.63) is 57.6 Å². The van der Waals surface area contributed by atoms with Gasteiger partial charge in [-0.15, -0.1) is 0 Å². The summed E-state index contributed by atoms with van der Waals surface area (Å²) in [7, 11) is -2.06. The van der Waals surface area contributed by atoms with Gasteiger partial charge in [-0.1, -0.05) is 39.8 Å². The first-order valence-electron chi connectivity index (χ1n) is 9.40. The number of hydrogen-bond acceptors (Lipinski definition) is 4. The molecule has 0 bridgehead atoms. The minimum atomic E-state index is -2.06. The molecule has 2 aromatic rings. The van der Waals surface area contributed by atoms with Crippen molar-refractivity contribution in [1.82, 2.24) is 0 Å². The molecule has 0 aliphatic rings. The van der Waals surface area contributed by atoms with Crippen LogP contribution in [0.1, 0.15) is 67.0 Å². The third kappa shape index (κ3) is 6.21. The van der Waals surface area contributed by atoms with Crippen LogP contribution in [-0.2, 0) is 6.42 Å². The Kier molecular flexibility index (Phi) is 9.25. The average molecular weight is 392 g/mol. The highest BCUT2D eigenvalue weighted by molar-refractivity contribution is 7.44. The highest BCUT2D eigenvalue weighted by atomic mass is 31.2. The first-order valence-corrected chi connectivity index (χ1v) is 10.8. The van der Waals surface area contributed by atoms with Crippen molar-refractivity contribution in [1.29, 1.82) is 0 Å². The van der Waals surface area contributed by atoms with Crippen LogP contribution >= 0.6 is 8.38 Å². The Balaban J connectivity index is 0.00000176. The maximum atomic E-state index is 10.0. The van der Waals surface area contributed by atoms with Crippen LogP contribution in [0.15, 0.2) is 24.3 Å².